The lowest BCUT2D eigenvalue weighted by molar-refractivity contribution is 0.315. The number of aryl methyl sites for hydroxylation is 1. The summed E-state index contributed by atoms with van der Waals surface area (Å²) in [4.78, 5) is 0. The van der Waals surface area contributed by atoms with Crippen molar-refractivity contribution in [2.24, 2.45) is 5.92 Å². The standard InChI is InChI=1S/C19H31NO/c1-15-9-12-19(21-3)17(13-15)14-18(20-2)11-10-16-7-5-4-6-8-16/h9,12-13,16,18,20H,4-8,10-11,14H2,1-3H3. The van der Waals surface area contributed by atoms with Crippen molar-refractivity contribution in [2.45, 2.75) is 64.3 Å². The van der Waals surface area contributed by atoms with Gasteiger partial charge in [0.1, 0.15) is 5.75 Å². The van der Waals surface area contributed by atoms with Crippen LogP contribution < -0.4 is 10.1 Å². The van der Waals surface area contributed by atoms with E-state index in [0.717, 1.165) is 18.1 Å². The Kier molecular flexibility index (Phi) is 6.56. The monoisotopic (exact) mass is 289 g/mol. The summed E-state index contributed by atoms with van der Waals surface area (Å²) in [6.07, 6.45) is 11.0. The highest BCUT2D eigenvalue weighted by atomic mass is 16.5. The van der Waals surface area contributed by atoms with Crippen molar-refractivity contribution in [3.8, 4) is 5.75 Å². The fraction of sp³-hybridized carbons (Fsp3) is 0.684. The van der Waals surface area contributed by atoms with E-state index in [9.17, 15) is 0 Å². The Balaban J connectivity index is 1.90. The van der Waals surface area contributed by atoms with Gasteiger partial charge in [-0.2, -0.15) is 0 Å². The predicted molar refractivity (Wildman–Crippen MR) is 90.1 cm³/mol. The van der Waals surface area contributed by atoms with Gasteiger partial charge in [-0.05, 0) is 50.8 Å². The third-order valence-corrected chi connectivity index (χ3v) is 4.96. The molecule has 0 heterocycles. The van der Waals surface area contributed by atoms with Crippen molar-refractivity contribution in [3.05, 3.63) is 29.3 Å². The molecule has 0 bridgehead atoms. The predicted octanol–water partition coefficient (Wildman–Crippen LogP) is 4.49. The molecule has 0 saturated heterocycles. The quantitative estimate of drug-likeness (QED) is 0.798. The van der Waals surface area contributed by atoms with Gasteiger partial charge in [0.15, 0.2) is 0 Å². The van der Waals surface area contributed by atoms with Gasteiger partial charge in [0.25, 0.3) is 0 Å². The molecule has 0 radical (unpaired) electrons. The van der Waals surface area contributed by atoms with Crippen molar-refractivity contribution in [1.29, 1.82) is 0 Å². The highest BCUT2D eigenvalue weighted by molar-refractivity contribution is 5.37. The van der Waals surface area contributed by atoms with Crippen LogP contribution in [0, 0.1) is 12.8 Å². The lowest BCUT2D eigenvalue weighted by Crippen LogP contribution is -2.28. The minimum Gasteiger partial charge on any atom is -0.496 e. The zero-order valence-corrected chi connectivity index (χ0v) is 14.0. The maximum atomic E-state index is 5.51. The molecular formula is C19H31NO. The zero-order valence-electron chi connectivity index (χ0n) is 14.0. The Bertz CT molecular complexity index is 424. The van der Waals surface area contributed by atoms with Gasteiger partial charge in [0.05, 0.1) is 7.11 Å². The Morgan fingerprint density at radius 1 is 1.24 bits per heavy atom. The average Bonchev–Trinajstić information content (AvgIpc) is 2.52. The molecule has 1 aromatic rings. The second-order valence-corrected chi connectivity index (χ2v) is 6.59. The summed E-state index contributed by atoms with van der Waals surface area (Å²) in [5.41, 5.74) is 2.65. The van der Waals surface area contributed by atoms with E-state index < -0.39 is 0 Å². The number of hydrogen-bond acceptors (Lipinski definition) is 2. The fourth-order valence-corrected chi connectivity index (χ4v) is 3.59. The van der Waals surface area contributed by atoms with Crippen LogP contribution in [0.3, 0.4) is 0 Å². The fourth-order valence-electron chi connectivity index (χ4n) is 3.59. The summed E-state index contributed by atoms with van der Waals surface area (Å²) in [7, 11) is 3.86. The molecule has 1 aromatic carbocycles. The molecule has 2 rings (SSSR count). The first kappa shape index (κ1) is 16.4. The first-order chi connectivity index (χ1) is 10.2. The summed E-state index contributed by atoms with van der Waals surface area (Å²) in [5.74, 6) is 1.99. The SMILES string of the molecule is CNC(CCC1CCCCC1)Cc1cc(C)ccc1OC. The van der Waals surface area contributed by atoms with Crippen LogP contribution in [-0.2, 0) is 6.42 Å². The summed E-state index contributed by atoms with van der Waals surface area (Å²) in [6, 6.07) is 7.05. The van der Waals surface area contributed by atoms with Gasteiger partial charge >= 0.3 is 0 Å². The number of hydrogen-bond donors (Lipinski definition) is 1. The lowest BCUT2D eigenvalue weighted by atomic mass is 9.84. The van der Waals surface area contributed by atoms with Crippen LogP contribution in [-0.4, -0.2) is 20.2 Å². The Hall–Kier alpha value is -1.02. The third-order valence-electron chi connectivity index (χ3n) is 4.96. The van der Waals surface area contributed by atoms with E-state index in [1.165, 1.54) is 56.1 Å². The number of benzene rings is 1. The molecule has 1 fully saturated rings. The van der Waals surface area contributed by atoms with Crippen LogP contribution in [0.5, 0.6) is 5.75 Å². The Morgan fingerprint density at radius 2 is 2.00 bits per heavy atom. The number of nitrogens with one attached hydrogen (secondary N) is 1. The average molecular weight is 289 g/mol. The number of methoxy groups -OCH3 is 1. The maximum absolute atomic E-state index is 5.51. The van der Waals surface area contributed by atoms with Gasteiger partial charge in [-0.3, -0.25) is 0 Å². The van der Waals surface area contributed by atoms with Gasteiger partial charge in [0, 0.05) is 6.04 Å². The van der Waals surface area contributed by atoms with Crippen LogP contribution in [0.1, 0.15) is 56.1 Å². The molecule has 2 nitrogen and oxygen atoms in total. The summed E-state index contributed by atoms with van der Waals surface area (Å²) >= 11 is 0. The minimum absolute atomic E-state index is 0.558. The van der Waals surface area contributed by atoms with Crippen LogP contribution in [0.4, 0.5) is 0 Å². The molecule has 1 aliphatic carbocycles. The summed E-state index contributed by atoms with van der Waals surface area (Å²) in [5, 5.41) is 3.51. The van der Waals surface area contributed by atoms with E-state index in [-0.39, 0.29) is 0 Å². The smallest absolute Gasteiger partial charge is 0.122 e. The first-order valence-corrected chi connectivity index (χ1v) is 8.53. The molecule has 1 saturated carbocycles. The van der Waals surface area contributed by atoms with E-state index in [2.05, 4.69) is 37.5 Å². The van der Waals surface area contributed by atoms with E-state index in [0.29, 0.717) is 6.04 Å². The maximum Gasteiger partial charge on any atom is 0.122 e. The summed E-state index contributed by atoms with van der Waals surface area (Å²) in [6.45, 7) is 2.15. The van der Waals surface area contributed by atoms with Crippen LogP contribution in [0.15, 0.2) is 18.2 Å². The number of likely N-dealkylation sites (N-methyl/N-ethyl adjacent to an activating group) is 1. The summed E-state index contributed by atoms with van der Waals surface area (Å²) < 4.78 is 5.51. The number of ether oxygens (including phenoxy) is 1. The molecule has 1 N–H and O–H groups in total. The van der Waals surface area contributed by atoms with E-state index in [1.54, 1.807) is 7.11 Å². The third kappa shape index (κ3) is 5.03. The topological polar surface area (TPSA) is 21.3 Å². The van der Waals surface area contributed by atoms with Gasteiger partial charge in [-0.15, -0.1) is 0 Å². The van der Waals surface area contributed by atoms with Gasteiger partial charge in [0.2, 0.25) is 0 Å². The second-order valence-electron chi connectivity index (χ2n) is 6.59. The van der Waals surface area contributed by atoms with Gasteiger partial charge in [-0.25, -0.2) is 0 Å². The molecule has 118 valence electrons. The second kappa shape index (κ2) is 8.43. The largest absolute Gasteiger partial charge is 0.496 e. The Morgan fingerprint density at radius 3 is 2.67 bits per heavy atom. The molecule has 0 spiro atoms. The highest BCUT2D eigenvalue weighted by Gasteiger charge is 2.17. The molecule has 1 atom stereocenters. The van der Waals surface area contributed by atoms with Crippen molar-refractivity contribution < 1.29 is 4.74 Å². The minimum atomic E-state index is 0.558. The van der Waals surface area contributed by atoms with Crippen LogP contribution >= 0.6 is 0 Å². The molecule has 21 heavy (non-hydrogen) atoms. The van der Waals surface area contributed by atoms with Crippen LogP contribution in [0.25, 0.3) is 0 Å². The number of rotatable bonds is 7. The molecule has 0 amide bonds. The van der Waals surface area contributed by atoms with Crippen molar-refractivity contribution in [3.63, 3.8) is 0 Å². The molecular weight excluding hydrogens is 258 g/mol. The highest BCUT2D eigenvalue weighted by Crippen LogP contribution is 2.29. The van der Waals surface area contributed by atoms with Gasteiger partial charge in [-0.1, -0.05) is 49.8 Å². The molecule has 0 aliphatic heterocycles. The molecule has 2 heteroatoms. The van der Waals surface area contributed by atoms with E-state index in [1.807, 2.05) is 0 Å². The van der Waals surface area contributed by atoms with Gasteiger partial charge < -0.3 is 10.1 Å². The molecule has 1 unspecified atom stereocenters. The zero-order chi connectivity index (χ0) is 15.1. The van der Waals surface area contributed by atoms with Crippen LogP contribution in [0.2, 0.25) is 0 Å². The van der Waals surface area contributed by atoms with Crippen molar-refractivity contribution in [1.82, 2.24) is 5.32 Å². The lowest BCUT2D eigenvalue weighted by Gasteiger charge is -2.24. The normalized spacial score (nSPS) is 17.7. The molecule has 1 aliphatic rings. The molecule has 0 aromatic heterocycles. The Labute approximate surface area is 130 Å². The van der Waals surface area contributed by atoms with E-state index in [4.69, 9.17) is 4.74 Å². The van der Waals surface area contributed by atoms with Crippen molar-refractivity contribution in [2.75, 3.05) is 14.2 Å². The van der Waals surface area contributed by atoms with E-state index >= 15 is 0 Å². The van der Waals surface area contributed by atoms with Crippen molar-refractivity contribution >= 4 is 0 Å². The first-order valence-electron chi connectivity index (χ1n) is 8.53.